The molecule has 0 aliphatic carbocycles. The van der Waals surface area contributed by atoms with Crippen molar-refractivity contribution in [1.29, 1.82) is 0 Å². The van der Waals surface area contributed by atoms with Crippen molar-refractivity contribution in [3.8, 4) is 0 Å². The first-order valence-corrected chi connectivity index (χ1v) is 5.40. The van der Waals surface area contributed by atoms with E-state index in [0.717, 1.165) is 19.6 Å². The molecule has 0 bridgehead atoms. The Kier molecular flexibility index (Phi) is 2.73. The maximum Gasteiger partial charge on any atom is 0.0402 e. The average Bonchev–Trinajstić information content (AvgIpc) is 2.27. The zero-order valence-corrected chi connectivity index (χ0v) is 8.74. The highest BCUT2D eigenvalue weighted by atomic mass is 15.1. The fourth-order valence-electron chi connectivity index (χ4n) is 2.28. The van der Waals surface area contributed by atoms with Crippen LogP contribution in [0.25, 0.3) is 0 Å². The zero-order valence-electron chi connectivity index (χ0n) is 8.74. The number of anilines is 1. The van der Waals surface area contributed by atoms with Crippen LogP contribution < -0.4 is 10.6 Å². The van der Waals surface area contributed by atoms with Gasteiger partial charge in [-0.15, -0.1) is 0 Å². The van der Waals surface area contributed by atoms with E-state index in [1.807, 2.05) is 0 Å². The smallest absolute Gasteiger partial charge is 0.0402 e. The van der Waals surface area contributed by atoms with E-state index in [2.05, 4.69) is 36.1 Å². The Morgan fingerprint density at radius 1 is 1.43 bits per heavy atom. The second-order valence-electron chi connectivity index (χ2n) is 3.86. The van der Waals surface area contributed by atoms with Gasteiger partial charge in [0.05, 0.1) is 0 Å². The van der Waals surface area contributed by atoms with Crippen molar-refractivity contribution < 1.29 is 0 Å². The van der Waals surface area contributed by atoms with Gasteiger partial charge in [-0.1, -0.05) is 18.2 Å². The molecule has 0 aromatic heterocycles. The van der Waals surface area contributed by atoms with E-state index >= 15 is 0 Å². The van der Waals surface area contributed by atoms with Gasteiger partial charge in [0.15, 0.2) is 0 Å². The van der Waals surface area contributed by atoms with Crippen molar-refractivity contribution in [2.75, 3.05) is 24.5 Å². The molecule has 2 rings (SSSR count). The molecule has 0 saturated heterocycles. The lowest BCUT2D eigenvalue weighted by Gasteiger charge is -2.34. The molecule has 1 aliphatic heterocycles. The second-order valence-corrected chi connectivity index (χ2v) is 3.86. The molecule has 14 heavy (non-hydrogen) atoms. The number of hydrogen-bond acceptors (Lipinski definition) is 2. The summed E-state index contributed by atoms with van der Waals surface area (Å²) in [5.41, 5.74) is 8.61. The van der Waals surface area contributed by atoms with Crippen LogP contribution in [0.15, 0.2) is 24.3 Å². The number of nitrogens with zero attached hydrogens (tertiary/aromatic N) is 1. The van der Waals surface area contributed by atoms with Crippen molar-refractivity contribution in [1.82, 2.24) is 0 Å². The van der Waals surface area contributed by atoms with E-state index in [1.165, 1.54) is 17.7 Å². The van der Waals surface area contributed by atoms with E-state index < -0.39 is 0 Å². The summed E-state index contributed by atoms with van der Waals surface area (Å²) in [5.74, 6) is 0.564. The third-order valence-corrected chi connectivity index (χ3v) is 3.13. The van der Waals surface area contributed by atoms with Gasteiger partial charge >= 0.3 is 0 Å². The lowest BCUT2D eigenvalue weighted by Crippen LogP contribution is -2.32. The maximum atomic E-state index is 5.79. The molecule has 0 spiro atoms. The Balaban J connectivity index is 2.38. The Bertz CT molecular complexity index is 278. The van der Waals surface area contributed by atoms with Crippen molar-refractivity contribution in [2.24, 2.45) is 5.73 Å². The molecule has 1 aliphatic rings. The molecule has 0 fully saturated rings. The van der Waals surface area contributed by atoms with Crippen LogP contribution in [0.3, 0.4) is 0 Å². The maximum absolute atomic E-state index is 5.79. The highest BCUT2D eigenvalue weighted by Crippen LogP contribution is 2.33. The summed E-state index contributed by atoms with van der Waals surface area (Å²) in [6.07, 6.45) is 1.20. The van der Waals surface area contributed by atoms with Gasteiger partial charge in [-0.2, -0.15) is 0 Å². The fraction of sp³-hybridized carbons (Fsp3) is 0.500. The van der Waals surface area contributed by atoms with Crippen LogP contribution in [-0.2, 0) is 0 Å². The predicted octanol–water partition coefficient (Wildman–Crippen LogP) is 1.96. The Hall–Kier alpha value is -1.02. The summed E-state index contributed by atoms with van der Waals surface area (Å²) in [6, 6.07) is 8.65. The number of hydrogen-bond donors (Lipinski definition) is 1. The van der Waals surface area contributed by atoms with Gasteiger partial charge < -0.3 is 10.6 Å². The largest absolute Gasteiger partial charge is 0.372 e. The zero-order chi connectivity index (χ0) is 9.97. The molecule has 2 N–H and O–H groups in total. The first-order chi connectivity index (χ1) is 6.86. The minimum absolute atomic E-state index is 0.564. The van der Waals surface area contributed by atoms with Crippen molar-refractivity contribution in [3.63, 3.8) is 0 Å². The number of para-hydroxylation sites is 1. The molecule has 0 radical (unpaired) electrons. The summed E-state index contributed by atoms with van der Waals surface area (Å²) in [7, 11) is 0. The van der Waals surface area contributed by atoms with Crippen LogP contribution in [-0.4, -0.2) is 19.6 Å². The summed E-state index contributed by atoms with van der Waals surface area (Å²) in [4.78, 5) is 2.43. The summed E-state index contributed by atoms with van der Waals surface area (Å²) >= 11 is 0. The molecular formula is C12H18N2. The topological polar surface area (TPSA) is 29.3 Å². The minimum Gasteiger partial charge on any atom is -0.372 e. The van der Waals surface area contributed by atoms with Crippen molar-refractivity contribution in [2.45, 2.75) is 19.3 Å². The van der Waals surface area contributed by atoms with Gasteiger partial charge in [-0.25, -0.2) is 0 Å². The van der Waals surface area contributed by atoms with Crippen molar-refractivity contribution >= 4 is 5.69 Å². The molecule has 2 heteroatoms. The monoisotopic (exact) mass is 190 g/mol. The Morgan fingerprint density at radius 3 is 2.93 bits per heavy atom. The van der Waals surface area contributed by atoms with E-state index in [4.69, 9.17) is 5.73 Å². The molecule has 1 aromatic carbocycles. The van der Waals surface area contributed by atoms with Gasteiger partial charge in [0, 0.05) is 18.8 Å². The number of fused-ring (bicyclic) bond motifs is 1. The number of nitrogens with two attached hydrogens (primary N) is 1. The van der Waals surface area contributed by atoms with Gasteiger partial charge in [-0.05, 0) is 37.4 Å². The first-order valence-electron chi connectivity index (χ1n) is 5.40. The average molecular weight is 190 g/mol. The summed E-state index contributed by atoms with van der Waals surface area (Å²) in [5, 5.41) is 0. The lowest BCUT2D eigenvalue weighted by molar-refractivity contribution is 0.587. The van der Waals surface area contributed by atoms with E-state index in [0.29, 0.717) is 5.92 Å². The molecule has 1 unspecified atom stereocenters. The van der Waals surface area contributed by atoms with Gasteiger partial charge in [0.1, 0.15) is 0 Å². The molecule has 76 valence electrons. The Labute approximate surface area is 85.7 Å². The number of rotatable bonds is 2. The van der Waals surface area contributed by atoms with Crippen LogP contribution >= 0.6 is 0 Å². The molecule has 2 nitrogen and oxygen atoms in total. The highest BCUT2D eigenvalue weighted by Gasteiger charge is 2.22. The van der Waals surface area contributed by atoms with E-state index in [9.17, 15) is 0 Å². The number of benzene rings is 1. The van der Waals surface area contributed by atoms with Crippen LogP contribution in [0.5, 0.6) is 0 Å². The third kappa shape index (κ3) is 1.50. The van der Waals surface area contributed by atoms with E-state index in [-0.39, 0.29) is 0 Å². The second kappa shape index (κ2) is 4.01. The highest BCUT2D eigenvalue weighted by molar-refractivity contribution is 5.57. The van der Waals surface area contributed by atoms with Crippen LogP contribution in [0.4, 0.5) is 5.69 Å². The van der Waals surface area contributed by atoms with E-state index in [1.54, 1.807) is 0 Å². The van der Waals surface area contributed by atoms with Crippen LogP contribution in [0.1, 0.15) is 24.8 Å². The molecule has 0 amide bonds. The van der Waals surface area contributed by atoms with Crippen LogP contribution in [0.2, 0.25) is 0 Å². The van der Waals surface area contributed by atoms with Crippen molar-refractivity contribution in [3.05, 3.63) is 29.8 Å². The lowest BCUT2D eigenvalue weighted by atomic mass is 9.90. The third-order valence-electron chi connectivity index (χ3n) is 3.13. The molecule has 1 heterocycles. The van der Waals surface area contributed by atoms with Gasteiger partial charge in [-0.3, -0.25) is 0 Å². The molecule has 1 aromatic rings. The Morgan fingerprint density at radius 2 is 2.21 bits per heavy atom. The van der Waals surface area contributed by atoms with Gasteiger partial charge in [0.2, 0.25) is 0 Å². The fourth-order valence-corrected chi connectivity index (χ4v) is 2.28. The van der Waals surface area contributed by atoms with Crippen LogP contribution in [0, 0.1) is 0 Å². The van der Waals surface area contributed by atoms with Gasteiger partial charge in [0.25, 0.3) is 0 Å². The SMILES string of the molecule is CCN1CCC(CN)c2ccccc21. The summed E-state index contributed by atoms with van der Waals surface area (Å²) < 4.78 is 0. The minimum atomic E-state index is 0.564. The standard InChI is InChI=1S/C12H18N2/c1-2-14-8-7-10(9-13)11-5-3-4-6-12(11)14/h3-6,10H,2,7-9,13H2,1H3. The normalized spacial score (nSPS) is 20.7. The summed E-state index contributed by atoms with van der Waals surface area (Å²) in [6.45, 7) is 5.22. The molecule has 0 saturated carbocycles. The molecular weight excluding hydrogens is 172 g/mol. The molecule has 1 atom stereocenters. The first kappa shape index (κ1) is 9.53. The quantitative estimate of drug-likeness (QED) is 0.772. The predicted molar refractivity (Wildman–Crippen MR) is 60.7 cm³/mol.